The summed E-state index contributed by atoms with van der Waals surface area (Å²) in [6, 6.07) is 12.1. The topological polar surface area (TPSA) is 72.8 Å². The van der Waals surface area contributed by atoms with E-state index >= 15 is 0 Å². The number of hydrogen-bond acceptors (Lipinski definition) is 5. The Hall–Kier alpha value is -2.05. The lowest BCUT2D eigenvalue weighted by atomic mass is 9.70. The van der Waals surface area contributed by atoms with Crippen LogP contribution in [0.4, 0.5) is 0 Å². The van der Waals surface area contributed by atoms with Gasteiger partial charge in [-0.05, 0) is 80.8 Å². The van der Waals surface area contributed by atoms with Crippen LogP contribution in [-0.4, -0.2) is 31.5 Å². The van der Waals surface area contributed by atoms with Crippen LogP contribution in [0.2, 0.25) is 0 Å². The number of benzene rings is 2. The molecule has 1 saturated carbocycles. The van der Waals surface area contributed by atoms with Crippen molar-refractivity contribution in [3.63, 3.8) is 0 Å². The molecular weight excluding hydrogens is 448 g/mol. The Bertz CT molecular complexity index is 1080. The maximum atomic E-state index is 11.9. The molecule has 2 aromatic carbocycles. The van der Waals surface area contributed by atoms with Crippen molar-refractivity contribution in [3.8, 4) is 11.5 Å². The fourth-order valence-corrected chi connectivity index (χ4v) is 5.72. The predicted molar refractivity (Wildman–Crippen MR) is 137 cm³/mol. The van der Waals surface area contributed by atoms with Gasteiger partial charge in [0.05, 0.1) is 11.4 Å². The average molecular weight is 489 g/mol. The molecule has 0 radical (unpaired) electrons. The molecule has 0 bridgehead atoms. The monoisotopic (exact) mass is 488 g/mol. The van der Waals surface area contributed by atoms with Crippen molar-refractivity contribution in [1.29, 1.82) is 0 Å². The van der Waals surface area contributed by atoms with Gasteiger partial charge in [-0.1, -0.05) is 57.4 Å². The Morgan fingerprint density at radius 3 is 1.88 bits per heavy atom. The largest absolute Gasteiger partial charge is 0.490 e. The summed E-state index contributed by atoms with van der Waals surface area (Å²) in [6.45, 7) is 10.2. The van der Waals surface area contributed by atoms with E-state index in [2.05, 4.69) is 32.9 Å². The minimum Gasteiger partial charge on any atom is -0.490 e. The Balaban J connectivity index is 1.87. The van der Waals surface area contributed by atoms with Gasteiger partial charge in [-0.25, -0.2) is 0 Å². The molecule has 0 amide bonds. The molecule has 1 aliphatic carbocycles. The predicted octanol–water partition coefficient (Wildman–Crippen LogP) is 6.21. The van der Waals surface area contributed by atoms with Crippen LogP contribution in [0.15, 0.2) is 36.4 Å². The Morgan fingerprint density at radius 2 is 1.41 bits per heavy atom. The van der Waals surface area contributed by atoms with Crippen LogP contribution < -0.4 is 8.92 Å². The molecule has 6 heteroatoms. The molecule has 0 aromatic heterocycles. The van der Waals surface area contributed by atoms with Crippen molar-refractivity contribution >= 4 is 10.1 Å². The Labute approximate surface area is 205 Å². The molecule has 0 saturated heterocycles. The lowest BCUT2D eigenvalue weighted by Crippen LogP contribution is -2.38. The Kier molecular flexibility index (Phi) is 8.35. The highest BCUT2D eigenvalue weighted by molar-refractivity contribution is 7.87. The van der Waals surface area contributed by atoms with Crippen molar-refractivity contribution in [2.24, 2.45) is 0 Å². The molecule has 3 rings (SSSR count). The van der Waals surface area contributed by atoms with Gasteiger partial charge in [-0.15, -0.1) is 0 Å². The first-order valence-corrected chi connectivity index (χ1v) is 14.2. The molecule has 1 fully saturated rings. The first kappa shape index (κ1) is 26.6. The number of rotatable bonds is 10. The maximum absolute atomic E-state index is 11.9. The second-order valence-electron chi connectivity index (χ2n) is 9.75. The quantitative estimate of drug-likeness (QED) is 0.402. The van der Waals surface area contributed by atoms with Crippen molar-refractivity contribution < 1.29 is 22.4 Å². The van der Waals surface area contributed by atoms with Gasteiger partial charge < -0.3 is 14.0 Å². The van der Waals surface area contributed by atoms with Crippen molar-refractivity contribution in [1.82, 2.24) is 0 Å². The summed E-state index contributed by atoms with van der Waals surface area (Å²) in [6.07, 6.45) is 6.70. The molecule has 0 unspecified atom stereocenters. The standard InChI is InChI=1S/C28H40O5S/c1-6-28(7-2,24-13-15-26(22(5)19-24)33-34(30,31)8-3)23-12-14-25(21(4)18-23)32-20-27(29)16-10-9-11-17-27/h12-15,18-19,29H,6-11,16-17,20H2,1-5H3. The van der Waals surface area contributed by atoms with E-state index in [4.69, 9.17) is 8.92 Å². The highest BCUT2D eigenvalue weighted by Gasteiger charge is 2.33. The zero-order valence-electron chi connectivity index (χ0n) is 21.3. The van der Waals surface area contributed by atoms with Crippen LogP contribution in [-0.2, 0) is 15.5 Å². The van der Waals surface area contributed by atoms with E-state index in [1.165, 1.54) is 12.0 Å². The molecular formula is C28H40O5S. The van der Waals surface area contributed by atoms with Gasteiger partial charge in [0, 0.05) is 5.41 Å². The molecule has 5 nitrogen and oxygen atoms in total. The lowest BCUT2D eigenvalue weighted by Gasteiger charge is -2.35. The summed E-state index contributed by atoms with van der Waals surface area (Å²) in [5, 5.41) is 10.8. The van der Waals surface area contributed by atoms with Crippen LogP contribution in [0, 0.1) is 13.8 Å². The van der Waals surface area contributed by atoms with Gasteiger partial charge in [-0.2, -0.15) is 8.42 Å². The highest BCUT2D eigenvalue weighted by atomic mass is 32.2. The molecule has 0 spiro atoms. The van der Waals surface area contributed by atoms with Gasteiger partial charge in [0.25, 0.3) is 0 Å². The van der Waals surface area contributed by atoms with Gasteiger partial charge in [0.2, 0.25) is 0 Å². The summed E-state index contributed by atoms with van der Waals surface area (Å²) in [5.41, 5.74) is 3.27. The summed E-state index contributed by atoms with van der Waals surface area (Å²) < 4.78 is 35.2. The molecule has 34 heavy (non-hydrogen) atoms. The minimum absolute atomic E-state index is 0.0624. The number of ether oxygens (including phenoxy) is 1. The smallest absolute Gasteiger partial charge is 0.308 e. The molecule has 2 aromatic rings. The van der Waals surface area contributed by atoms with Crippen molar-refractivity contribution in [2.75, 3.05) is 12.4 Å². The third kappa shape index (κ3) is 5.77. The second-order valence-corrected chi connectivity index (χ2v) is 11.6. The minimum atomic E-state index is -3.57. The highest BCUT2D eigenvalue weighted by Crippen LogP contribution is 2.42. The van der Waals surface area contributed by atoms with Crippen LogP contribution in [0.1, 0.15) is 88.0 Å². The van der Waals surface area contributed by atoms with Gasteiger partial charge in [0.15, 0.2) is 0 Å². The summed E-state index contributed by atoms with van der Waals surface area (Å²) in [7, 11) is -3.57. The first-order valence-electron chi connectivity index (χ1n) is 12.6. The Morgan fingerprint density at radius 1 is 0.882 bits per heavy atom. The van der Waals surface area contributed by atoms with E-state index in [1.54, 1.807) is 13.0 Å². The third-order valence-corrected chi connectivity index (χ3v) is 8.65. The summed E-state index contributed by atoms with van der Waals surface area (Å²) in [4.78, 5) is 0. The van der Waals surface area contributed by atoms with E-state index in [9.17, 15) is 13.5 Å². The fourth-order valence-electron chi connectivity index (χ4n) is 5.14. The van der Waals surface area contributed by atoms with Crippen LogP contribution >= 0.6 is 0 Å². The van der Waals surface area contributed by atoms with Gasteiger partial charge in [0.1, 0.15) is 18.1 Å². The molecule has 1 N–H and O–H groups in total. The van der Waals surface area contributed by atoms with E-state index in [0.717, 1.165) is 61.0 Å². The SMILES string of the molecule is CCC(CC)(c1ccc(OCC2(O)CCCCC2)c(C)c1)c1ccc(OS(=O)(=O)CC)c(C)c1. The van der Waals surface area contributed by atoms with Gasteiger partial charge in [-0.3, -0.25) is 0 Å². The van der Waals surface area contributed by atoms with E-state index in [1.807, 2.05) is 25.1 Å². The number of aliphatic hydroxyl groups is 1. The van der Waals surface area contributed by atoms with E-state index < -0.39 is 15.7 Å². The van der Waals surface area contributed by atoms with Gasteiger partial charge >= 0.3 is 10.1 Å². The maximum Gasteiger partial charge on any atom is 0.308 e. The van der Waals surface area contributed by atoms with E-state index in [-0.39, 0.29) is 11.2 Å². The van der Waals surface area contributed by atoms with Crippen LogP contribution in [0.5, 0.6) is 11.5 Å². The molecule has 0 aliphatic heterocycles. The number of aryl methyl sites for hydroxylation is 2. The molecule has 0 atom stereocenters. The number of hydrogen-bond donors (Lipinski definition) is 1. The zero-order chi connectivity index (χ0) is 25.0. The van der Waals surface area contributed by atoms with E-state index in [0.29, 0.717) is 12.4 Å². The van der Waals surface area contributed by atoms with Crippen LogP contribution in [0.3, 0.4) is 0 Å². The summed E-state index contributed by atoms with van der Waals surface area (Å²) in [5.74, 6) is 1.13. The third-order valence-electron chi connectivity index (χ3n) is 7.51. The zero-order valence-corrected chi connectivity index (χ0v) is 22.1. The van der Waals surface area contributed by atoms with Crippen molar-refractivity contribution in [2.45, 2.75) is 90.6 Å². The van der Waals surface area contributed by atoms with Crippen molar-refractivity contribution in [3.05, 3.63) is 58.7 Å². The second kappa shape index (κ2) is 10.7. The normalized spacial score (nSPS) is 16.3. The van der Waals surface area contributed by atoms with Crippen LogP contribution in [0.25, 0.3) is 0 Å². The molecule has 188 valence electrons. The lowest BCUT2D eigenvalue weighted by molar-refractivity contribution is -0.0340. The molecule has 1 aliphatic rings. The summed E-state index contributed by atoms with van der Waals surface area (Å²) >= 11 is 0. The fraction of sp³-hybridized carbons (Fsp3) is 0.571. The first-order chi connectivity index (χ1) is 16.1. The average Bonchev–Trinajstić information content (AvgIpc) is 2.82. The molecule has 0 heterocycles.